The largest absolute Gasteiger partial charge is 0.492 e. The van der Waals surface area contributed by atoms with Gasteiger partial charge in [-0.25, -0.2) is 8.42 Å². The normalized spacial score (nSPS) is 12.5. The highest BCUT2D eigenvalue weighted by atomic mass is 79.9. The summed E-state index contributed by atoms with van der Waals surface area (Å²) < 4.78 is 36.3. The third-order valence-electron chi connectivity index (χ3n) is 7.63. The minimum atomic E-state index is -4.31. The van der Waals surface area contributed by atoms with Crippen molar-refractivity contribution in [2.24, 2.45) is 0 Å². The van der Waals surface area contributed by atoms with E-state index in [9.17, 15) is 18.0 Å². The number of rotatable bonds is 15. The van der Waals surface area contributed by atoms with Gasteiger partial charge >= 0.3 is 0 Å². The Hall–Kier alpha value is -3.86. The maximum Gasteiger partial charge on any atom is 0.264 e. The second-order valence-corrected chi connectivity index (χ2v) is 14.3. The zero-order valence-electron chi connectivity index (χ0n) is 26.6. The van der Waals surface area contributed by atoms with Crippen molar-refractivity contribution in [1.29, 1.82) is 0 Å². The summed E-state index contributed by atoms with van der Waals surface area (Å²) in [4.78, 5) is 30.1. The van der Waals surface area contributed by atoms with Crippen molar-refractivity contribution in [3.8, 4) is 5.75 Å². The van der Waals surface area contributed by atoms with E-state index >= 15 is 0 Å². The molecule has 0 radical (unpaired) electrons. The van der Waals surface area contributed by atoms with Gasteiger partial charge in [-0.2, -0.15) is 0 Å². The number of carbonyl (C=O) groups excluding carboxylic acids is 2. The molecule has 0 aliphatic heterocycles. The monoisotopic (exact) mass is 739 g/mol. The lowest BCUT2D eigenvalue weighted by Crippen LogP contribution is -2.54. The van der Waals surface area contributed by atoms with Crippen LogP contribution >= 0.6 is 27.5 Å². The van der Waals surface area contributed by atoms with Gasteiger partial charge in [0.05, 0.1) is 17.2 Å². The van der Waals surface area contributed by atoms with E-state index in [0.29, 0.717) is 17.2 Å². The van der Waals surface area contributed by atoms with Crippen LogP contribution in [0.25, 0.3) is 0 Å². The molecule has 8 nitrogen and oxygen atoms in total. The third-order valence-corrected chi connectivity index (χ3v) is 10.1. The highest BCUT2D eigenvalue weighted by Gasteiger charge is 2.36. The minimum Gasteiger partial charge on any atom is -0.492 e. The molecule has 2 atom stereocenters. The molecule has 1 N–H and O–H groups in total. The summed E-state index contributed by atoms with van der Waals surface area (Å²) in [5.41, 5.74) is 1.82. The standard InChI is InChI=1S/C36H39BrClN3O5S/c1-4-26(3)39-36(43)33(23-27-12-7-6-8-13-27)40(24-28-14-11-15-29(37)22-28)35(42)25-41(32-16-9-10-17-34(32)46-5-2)47(44,45)31-20-18-30(38)19-21-31/h6-22,26,33H,4-5,23-25H2,1-3H3,(H,39,43)/t26-,33-/m1/s1. The lowest BCUT2D eigenvalue weighted by atomic mass is 10.0. The number of benzene rings is 4. The number of carbonyl (C=O) groups is 2. The Bertz CT molecular complexity index is 1760. The molecule has 0 saturated carbocycles. The first-order valence-electron chi connectivity index (χ1n) is 15.4. The second kappa shape index (κ2) is 16.8. The Labute approximate surface area is 290 Å². The van der Waals surface area contributed by atoms with Gasteiger partial charge in [-0.05, 0) is 79.9 Å². The molecule has 4 aromatic carbocycles. The molecule has 0 saturated heterocycles. The van der Waals surface area contributed by atoms with E-state index in [1.165, 1.54) is 29.2 Å². The number of sulfonamides is 1. The minimum absolute atomic E-state index is 0.0464. The predicted molar refractivity (Wildman–Crippen MR) is 190 cm³/mol. The summed E-state index contributed by atoms with van der Waals surface area (Å²) in [6.07, 6.45) is 0.924. The fraction of sp³-hybridized carbons (Fsp3) is 0.278. The van der Waals surface area contributed by atoms with Crippen LogP contribution in [0.15, 0.2) is 112 Å². The second-order valence-electron chi connectivity index (χ2n) is 11.0. The molecule has 2 amide bonds. The van der Waals surface area contributed by atoms with Gasteiger partial charge in [0.1, 0.15) is 18.3 Å². The fourth-order valence-corrected chi connectivity index (χ4v) is 7.01. The average molecular weight is 741 g/mol. The van der Waals surface area contributed by atoms with Gasteiger partial charge in [0.15, 0.2) is 0 Å². The highest BCUT2D eigenvalue weighted by Crippen LogP contribution is 2.33. The lowest BCUT2D eigenvalue weighted by Gasteiger charge is -2.34. The smallest absolute Gasteiger partial charge is 0.264 e. The Kier molecular flexibility index (Phi) is 12.9. The molecule has 0 spiro atoms. The van der Waals surface area contributed by atoms with Crippen LogP contribution in [-0.2, 0) is 32.6 Å². The maximum absolute atomic E-state index is 14.7. The van der Waals surface area contributed by atoms with E-state index in [0.717, 1.165) is 19.9 Å². The molecule has 47 heavy (non-hydrogen) atoms. The van der Waals surface area contributed by atoms with E-state index in [2.05, 4.69) is 21.2 Å². The molecular weight excluding hydrogens is 702 g/mol. The van der Waals surface area contributed by atoms with Gasteiger partial charge in [-0.3, -0.25) is 13.9 Å². The number of hydrogen-bond donors (Lipinski definition) is 1. The molecule has 4 rings (SSSR count). The summed E-state index contributed by atoms with van der Waals surface area (Å²) in [5.74, 6) is -0.586. The van der Waals surface area contributed by atoms with Gasteiger partial charge in [-0.15, -0.1) is 0 Å². The Morgan fingerprint density at radius 2 is 1.55 bits per heavy atom. The van der Waals surface area contributed by atoms with Crippen LogP contribution in [-0.4, -0.2) is 50.4 Å². The summed E-state index contributed by atoms with van der Waals surface area (Å²) in [6, 6.07) is 28.3. The lowest BCUT2D eigenvalue weighted by molar-refractivity contribution is -0.140. The number of nitrogens with zero attached hydrogens (tertiary/aromatic N) is 2. The number of amides is 2. The molecule has 0 fully saturated rings. The fourth-order valence-electron chi connectivity index (χ4n) is 5.01. The van der Waals surface area contributed by atoms with E-state index in [4.69, 9.17) is 16.3 Å². The number of halogens is 2. The van der Waals surface area contributed by atoms with Gasteiger partial charge in [-0.1, -0.05) is 89.1 Å². The van der Waals surface area contributed by atoms with Crippen LogP contribution < -0.4 is 14.4 Å². The first-order chi connectivity index (χ1) is 22.5. The molecule has 0 aliphatic rings. The molecular formula is C36H39BrClN3O5S. The van der Waals surface area contributed by atoms with Gasteiger partial charge in [0.2, 0.25) is 11.8 Å². The number of anilines is 1. The van der Waals surface area contributed by atoms with Gasteiger partial charge in [0.25, 0.3) is 10.0 Å². The summed E-state index contributed by atoms with van der Waals surface area (Å²) in [7, 11) is -4.31. The molecule has 11 heteroatoms. The Morgan fingerprint density at radius 1 is 0.894 bits per heavy atom. The van der Waals surface area contributed by atoms with Gasteiger partial charge < -0.3 is 15.0 Å². The van der Waals surface area contributed by atoms with Crippen LogP contribution in [0.3, 0.4) is 0 Å². The molecule has 0 aliphatic carbocycles. The van der Waals surface area contributed by atoms with Crippen molar-refractivity contribution in [3.63, 3.8) is 0 Å². The zero-order chi connectivity index (χ0) is 34.0. The third kappa shape index (κ3) is 9.59. The predicted octanol–water partition coefficient (Wildman–Crippen LogP) is 7.25. The Balaban J connectivity index is 1.84. The first kappa shape index (κ1) is 36.0. The first-order valence-corrected chi connectivity index (χ1v) is 18.0. The van der Waals surface area contributed by atoms with Crippen molar-refractivity contribution in [1.82, 2.24) is 10.2 Å². The molecule has 0 bridgehead atoms. The topological polar surface area (TPSA) is 96.0 Å². The van der Waals surface area contributed by atoms with Crippen molar-refractivity contribution in [2.45, 2.75) is 57.1 Å². The Morgan fingerprint density at radius 3 is 2.21 bits per heavy atom. The average Bonchev–Trinajstić information content (AvgIpc) is 3.06. The summed E-state index contributed by atoms with van der Waals surface area (Å²) in [6.45, 7) is 5.42. The van der Waals surface area contributed by atoms with Crippen molar-refractivity contribution >= 4 is 55.1 Å². The zero-order valence-corrected chi connectivity index (χ0v) is 29.8. The molecule has 0 heterocycles. The molecule has 248 valence electrons. The number of ether oxygens (including phenoxy) is 1. The number of para-hydroxylation sites is 2. The SMILES string of the molecule is CCOc1ccccc1N(CC(=O)N(Cc1cccc(Br)c1)[C@H](Cc1ccccc1)C(=O)N[C@H](C)CC)S(=O)(=O)c1ccc(Cl)cc1. The van der Waals surface area contributed by atoms with Crippen LogP contribution in [0.2, 0.25) is 5.02 Å². The highest BCUT2D eigenvalue weighted by molar-refractivity contribution is 9.10. The number of nitrogens with one attached hydrogen (secondary N) is 1. The summed E-state index contributed by atoms with van der Waals surface area (Å²) >= 11 is 9.59. The van der Waals surface area contributed by atoms with Crippen LogP contribution in [0.4, 0.5) is 5.69 Å². The van der Waals surface area contributed by atoms with Crippen LogP contribution in [0.5, 0.6) is 5.75 Å². The van der Waals surface area contributed by atoms with E-state index in [1.54, 1.807) is 31.2 Å². The molecule has 4 aromatic rings. The van der Waals surface area contributed by atoms with Crippen LogP contribution in [0.1, 0.15) is 38.3 Å². The van der Waals surface area contributed by atoms with E-state index in [-0.39, 0.29) is 42.1 Å². The van der Waals surface area contributed by atoms with Crippen molar-refractivity contribution in [2.75, 3.05) is 17.5 Å². The van der Waals surface area contributed by atoms with Crippen LogP contribution in [0, 0.1) is 0 Å². The maximum atomic E-state index is 14.7. The summed E-state index contributed by atoms with van der Waals surface area (Å²) in [5, 5.41) is 3.42. The van der Waals surface area contributed by atoms with Crippen molar-refractivity contribution in [3.05, 3.63) is 124 Å². The molecule has 0 aromatic heterocycles. The van der Waals surface area contributed by atoms with Gasteiger partial charge in [0, 0.05) is 28.5 Å². The molecule has 0 unspecified atom stereocenters. The number of hydrogen-bond acceptors (Lipinski definition) is 5. The van der Waals surface area contributed by atoms with E-state index in [1.807, 2.05) is 68.4 Å². The van der Waals surface area contributed by atoms with Crippen molar-refractivity contribution < 1.29 is 22.7 Å². The quantitative estimate of drug-likeness (QED) is 0.139. The van der Waals surface area contributed by atoms with E-state index < -0.39 is 28.5 Å².